The van der Waals surface area contributed by atoms with Crippen molar-refractivity contribution in [2.75, 3.05) is 13.2 Å². The molecule has 0 spiro atoms. The third-order valence-electron chi connectivity index (χ3n) is 3.81. The van der Waals surface area contributed by atoms with Crippen molar-refractivity contribution >= 4 is 21.6 Å². The van der Waals surface area contributed by atoms with E-state index in [4.69, 9.17) is 5.11 Å². The lowest BCUT2D eigenvalue weighted by molar-refractivity contribution is -0.385. The maximum atomic E-state index is 11.1. The Labute approximate surface area is 126 Å². The minimum absolute atomic E-state index is 0.158. The van der Waals surface area contributed by atoms with Gasteiger partial charge in [0.15, 0.2) is 0 Å². The SMILES string of the molecule is O=[N+]([O-])c1cc(Br)ccc1CN(CCCO)C1CCC1. The van der Waals surface area contributed by atoms with Gasteiger partial charge in [0.25, 0.3) is 5.69 Å². The van der Waals surface area contributed by atoms with E-state index in [-0.39, 0.29) is 17.2 Å². The number of nitro benzene ring substituents is 1. The van der Waals surface area contributed by atoms with Gasteiger partial charge in [-0.2, -0.15) is 0 Å². The molecule has 1 aliphatic rings. The molecule has 1 aromatic rings. The average Bonchev–Trinajstić information content (AvgIpc) is 2.35. The summed E-state index contributed by atoms with van der Waals surface area (Å²) >= 11 is 3.28. The Morgan fingerprint density at radius 3 is 2.75 bits per heavy atom. The van der Waals surface area contributed by atoms with Crippen LogP contribution in [0, 0.1) is 10.1 Å². The summed E-state index contributed by atoms with van der Waals surface area (Å²) in [5.74, 6) is 0. The van der Waals surface area contributed by atoms with Crippen LogP contribution in [0.1, 0.15) is 31.2 Å². The van der Waals surface area contributed by atoms with Gasteiger partial charge in [0.05, 0.1) is 4.92 Å². The lowest BCUT2D eigenvalue weighted by Crippen LogP contribution is -2.40. The largest absolute Gasteiger partial charge is 0.396 e. The molecule has 0 heterocycles. The van der Waals surface area contributed by atoms with Crippen LogP contribution in [0.4, 0.5) is 5.69 Å². The molecule has 1 N–H and O–H groups in total. The molecule has 0 unspecified atom stereocenters. The molecule has 20 heavy (non-hydrogen) atoms. The molecule has 5 nitrogen and oxygen atoms in total. The third kappa shape index (κ3) is 3.77. The predicted molar refractivity (Wildman–Crippen MR) is 80.5 cm³/mol. The first-order valence-corrected chi connectivity index (χ1v) is 7.69. The first-order valence-electron chi connectivity index (χ1n) is 6.89. The summed E-state index contributed by atoms with van der Waals surface area (Å²) < 4.78 is 0.721. The van der Waals surface area contributed by atoms with Crippen LogP contribution in [-0.4, -0.2) is 34.1 Å². The highest BCUT2D eigenvalue weighted by molar-refractivity contribution is 9.10. The van der Waals surface area contributed by atoms with Crippen molar-refractivity contribution < 1.29 is 10.0 Å². The van der Waals surface area contributed by atoms with Crippen molar-refractivity contribution in [3.05, 3.63) is 38.3 Å². The molecule has 1 fully saturated rings. The van der Waals surface area contributed by atoms with Crippen LogP contribution in [0.2, 0.25) is 0 Å². The van der Waals surface area contributed by atoms with Crippen LogP contribution in [-0.2, 0) is 6.54 Å². The van der Waals surface area contributed by atoms with Crippen molar-refractivity contribution in [2.45, 2.75) is 38.3 Å². The smallest absolute Gasteiger partial charge is 0.275 e. The first kappa shape index (κ1) is 15.4. The number of nitrogens with zero attached hydrogens (tertiary/aromatic N) is 2. The lowest BCUT2D eigenvalue weighted by atomic mass is 9.91. The maximum absolute atomic E-state index is 11.1. The Bertz CT molecular complexity index is 477. The first-order chi connectivity index (χ1) is 9.61. The number of rotatable bonds is 7. The molecule has 2 rings (SSSR count). The summed E-state index contributed by atoms with van der Waals surface area (Å²) in [4.78, 5) is 13.1. The van der Waals surface area contributed by atoms with Crippen LogP contribution in [0.15, 0.2) is 22.7 Å². The fourth-order valence-electron chi connectivity index (χ4n) is 2.48. The fraction of sp³-hybridized carbons (Fsp3) is 0.571. The second-order valence-electron chi connectivity index (χ2n) is 5.16. The molecule has 0 aliphatic heterocycles. The zero-order valence-corrected chi connectivity index (χ0v) is 12.9. The number of benzene rings is 1. The Hall–Kier alpha value is -0.980. The maximum Gasteiger partial charge on any atom is 0.275 e. The predicted octanol–water partition coefficient (Wildman–Crippen LogP) is 3.09. The number of halogens is 1. The molecule has 1 aliphatic carbocycles. The Morgan fingerprint density at radius 2 is 2.20 bits per heavy atom. The molecule has 0 radical (unpaired) electrons. The fourth-order valence-corrected chi connectivity index (χ4v) is 2.82. The van der Waals surface area contributed by atoms with E-state index in [1.807, 2.05) is 12.1 Å². The van der Waals surface area contributed by atoms with Gasteiger partial charge in [0, 0.05) is 41.8 Å². The summed E-state index contributed by atoms with van der Waals surface area (Å²) in [6.07, 6.45) is 4.23. The van der Waals surface area contributed by atoms with E-state index >= 15 is 0 Å². The zero-order chi connectivity index (χ0) is 14.5. The van der Waals surface area contributed by atoms with Gasteiger partial charge in [-0.15, -0.1) is 0 Å². The average molecular weight is 343 g/mol. The highest BCUT2D eigenvalue weighted by Gasteiger charge is 2.26. The molecule has 1 aromatic carbocycles. The molecule has 0 amide bonds. The van der Waals surface area contributed by atoms with E-state index in [0.29, 0.717) is 19.0 Å². The number of hydrogen-bond donors (Lipinski definition) is 1. The Kier molecular flexibility index (Phi) is 5.51. The van der Waals surface area contributed by atoms with E-state index in [9.17, 15) is 10.1 Å². The summed E-state index contributed by atoms with van der Waals surface area (Å²) in [5, 5.41) is 20.1. The normalized spacial score (nSPS) is 15.3. The van der Waals surface area contributed by atoms with Gasteiger partial charge in [-0.3, -0.25) is 15.0 Å². The highest BCUT2D eigenvalue weighted by Crippen LogP contribution is 2.30. The minimum Gasteiger partial charge on any atom is -0.396 e. The Balaban J connectivity index is 2.14. The number of nitro groups is 1. The van der Waals surface area contributed by atoms with Crippen molar-refractivity contribution in [3.63, 3.8) is 0 Å². The van der Waals surface area contributed by atoms with Crippen molar-refractivity contribution in [1.29, 1.82) is 0 Å². The van der Waals surface area contributed by atoms with Crippen LogP contribution < -0.4 is 0 Å². The standard InChI is InChI=1S/C14H19BrN2O3/c15-12-6-5-11(14(9-12)17(19)20)10-16(7-2-8-18)13-3-1-4-13/h5-6,9,13,18H,1-4,7-8,10H2. The topological polar surface area (TPSA) is 66.6 Å². The third-order valence-corrected chi connectivity index (χ3v) is 4.31. The van der Waals surface area contributed by atoms with E-state index in [0.717, 1.165) is 29.4 Å². The van der Waals surface area contributed by atoms with Crippen LogP contribution in [0.5, 0.6) is 0 Å². The lowest BCUT2D eigenvalue weighted by Gasteiger charge is -2.37. The number of hydrogen-bond acceptors (Lipinski definition) is 4. The quantitative estimate of drug-likeness (QED) is 0.610. The van der Waals surface area contributed by atoms with Gasteiger partial charge >= 0.3 is 0 Å². The summed E-state index contributed by atoms with van der Waals surface area (Å²) in [7, 11) is 0. The van der Waals surface area contributed by atoms with Gasteiger partial charge in [0.2, 0.25) is 0 Å². The van der Waals surface area contributed by atoms with E-state index < -0.39 is 0 Å². The molecule has 0 saturated heterocycles. The van der Waals surface area contributed by atoms with Gasteiger partial charge < -0.3 is 5.11 Å². The van der Waals surface area contributed by atoms with Gasteiger partial charge in [0.1, 0.15) is 0 Å². The minimum atomic E-state index is -0.328. The second kappa shape index (κ2) is 7.15. The molecule has 0 aromatic heterocycles. The summed E-state index contributed by atoms with van der Waals surface area (Å²) in [6.45, 7) is 1.52. The van der Waals surface area contributed by atoms with Crippen molar-refractivity contribution in [1.82, 2.24) is 4.90 Å². The van der Waals surface area contributed by atoms with Gasteiger partial charge in [-0.1, -0.05) is 22.4 Å². The van der Waals surface area contributed by atoms with Crippen LogP contribution in [0.25, 0.3) is 0 Å². The molecular weight excluding hydrogens is 324 g/mol. The molecule has 6 heteroatoms. The van der Waals surface area contributed by atoms with Crippen LogP contribution in [0.3, 0.4) is 0 Å². The van der Waals surface area contributed by atoms with Crippen molar-refractivity contribution in [3.8, 4) is 0 Å². The summed E-state index contributed by atoms with van der Waals surface area (Å²) in [6, 6.07) is 5.71. The van der Waals surface area contributed by atoms with Crippen molar-refractivity contribution in [2.24, 2.45) is 0 Å². The van der Waals surface area contributed by atoms with Gasteiger partial charge in [-0.25, -0.2) is 0 Å². The van der Waals surface area contributed by atoms with E-state index in [2.05, 4.69) is 20.8 Å². The monoisotopic (exact) mass is 342 g/mol. The number of aliphatic hydroxyl groups excluding tert-OH is 1. The molecule has 0 atom stereocenters. The molecule has 0 bridgehead atoms. The number of aliphatic hydroxyl groups is 1. The zero-order valence-electron chi connectivity index (χ0n) is 11.3. The van der Waals surface area contributed by atoms with E-state index in [1.165, 1.54) is 6.42 Å². The van der Waals surface area contributed by atoms with Gasteiger partial charge in [-0.05, 0) is 31.4 Å². The second-order valence-corrected chi connectivity index (χ2v) is 6.08. The van der Waals surface area contributed by atoms with E-state index in [1.54, 1.807) is 6.07 Å². The highest BCUT2D eigenvalue weighted by atomic mass is 79.9. The molecule has 1 saturated carbocycles. The Morgan fingerprint density at radius 1 is 1.45 bits per heavy atom. The summed E-state index contributed by atoms with van der Waals surface area (Å²) in [5.41, 5.74) is 0.899. The molecule has 110 valence electrons. The van der Waals surface area contributed by atoms with Crippen LogP contribution >= 0.6 is 15.9 Å². The molecular formula is C14H19BrN2O3.